The number of hydrogen-bond acceptors (Lipinski definition) is 3. The Morgan fingerprint density at radius 2 is 1.95 bits per heavy atom. The van der Waals surface area contributed by atoms with Crippen LogP contribution in [0.25, 0.3) is 0 Å². The fraction of sp³-hybridized carbons (Fsp3) is 0.533. The highest BCUT2D eigenvalue weighted by Crippen LogP contribution is 2.24. The molecule has 6 nitrogen and oxygen atoms in total. The third-order valence-electron chi connectivity index (χ3n) is 3.98. The van der Waals surface area contributed by atoms with Crippen LogP contribution in [0.15, 0.2) is 12.3 Å². The summed E-state index contributed by atoms with van der Waals surface area (Å²) < 4.78 is 0. The number of aliphatic carboxylic acids is 1. The van der Waals surface area contributed by atoms with E-state index in [1.807, 2.05) is 0 Å². The Morgan fingerprint density at radius 3 is 2.57 bits per heavy atom. The summed E-state index contributed by atoms with van der Waals surface area (Å²) in [5, 5.41) is 12.1. The second kappa shape index (κ2) is 6.56. The van der Waals surface area contributed by atoms with E-state index in [0.717, 1.165) is 19.3 Å². The molecule has 1 fully saturated rings. The monoisotopic (exact) mass is 292 g/mol. The van der Waals surface area contributed by atoms with Gasteiger partial charge in [-0.1, -0.05) is 19.3 Å². The first-order valence-corrected chi connectivity index (χ1v) is 7.22. The Balaban J connectivity index is 2.08. The standard InChI is InChI=1S/C15H20N2O4/c1-9(18)10-7-13(16-8-10)14(19)17-12-6-4-2-3-5-11(12)15(20)21/h7-8,11-12,16H,2-6H2,1H3,(H,17,19)(H,20,21)/t11-,12+/m1/s1. The fourth-order valence-corrected chi connectivity index (χ4v) is 2.75. The van der Waals surface area contributed by atoms with Gasteiger partial charge in [0.25, 0.3) is 5.91 Å². The van der Waals surface area contributed by atoms with Crippen molar-refractivity contribution in [3.8, 4) is 0 Å². The Bertz CT molecular complexity index is 550. The number of H-pyrrole nitrogens is 1. The maximum absolute atomic E-state index is 12.2. The van der Waals surface area contributed by atoms with E-state index >= 15 is 0 Å². The second-order valence-electron chi connectivity index (χ2n) is 5.52. The number of rotatable bonds is 4. The quantitative estimate of drug-likeness (QED) is 0.583. The van der Waals surface area contributed by atoms with Crippen molar-refractivity contribution in [1.29, 1.82) is 0 Å². The van der Waals surface area contributed by atoms with E-state index in [4.69, 9.17) is 0 Å². The molecule has 0 unspecified atom stereocenters. The van der Waals surface area contributed by atoms with Gasteiger partial charge in [-0.25, -0.2) is 0 Å². The average molecular weight is 292 g/mol. The fourth-order valence-electron chi connectivity index (χ4n) is 2.75. The molecule has 0 aromatic carbocycles. The second-order valence-corrected chi connectivity index (χ2v) is 5.52. The number of aromatic amines is 1. The molecule has 21 heavy (non-hydrogen) atoms. The number of carbonyl (C=O) groups excluding carboxylic acids is 2. The van der Waals surface area contributed by atoms with E-state index in [0.29, 0.717) is 18.4 Å². The predicted molar refractivity (Wildman–Crippen MR) is 76.3 cm³/mol. The van der Waals surface area contributed by atoms with E-state index in [-0.39, 0.29) is 23.4 Å². The highest BCUT2D eigenvalue weighted by molar-refractivity contribution is 5.99. The van der Waals surface area contributed by atoms with Crippen molar-refractivity contribution in [2.75, 3.05) is 0 Å². The van der Waals surface area contributed by atoms with Crippen molar-refractivity contribution < 1.29 is 19.5 Å². The lowest BCUT2D eigenvalue weighted by Crippen LogP contribution is -2.42. The normalized spacial score (nSPS) is 22.3. The van der Waals surface area contributed by atoms with Crippen LogP contribution >= 0.6 is 0 Å². The number of hydrogen-bond donors (Lipinski definition) is 3. The van der Waals surface area contributed by atoms with E-state index in [2.05, 4.69) is 10.3 Å². The molecule has 1 heterocycles. The molecule has 2 rings (SSSR count). The maximum Gasteiger partial charge on any atom is 0.308 e. The number of Topliss-reactive ketones (excluding diaryl/α,β-unsaturated/α-hetero) is 1. The van der Waals surface area contributed by atoms with E-state index in [9.17, 15) is 19.5 Å². The van der Waals surface area contributed by atoms with Crippen LogP contribution in [0, 0.1) is 5.92 Å². The number of ketones is 1. The third-order valence-corrected chi connectivity index (χ3v) is 3.98. The number of nitrogens with one attached hydrogen (secondary N) is 2. The zero-order valence-electron chi connectivity index (χ0n) is 12.0. The molecule has 0 spiro atoms. The van der Waals surface area contributed by atoms with E-state index < -0.39 is 11.9 Å². The van der Waals surface area contributed by atoms with Crippen molar-refractivity contribution in [2.24, 2.45) is 5.92 Å². The largest absolute Gasteiger partial charge is 0.481 e. The van der Waals surface area contributed by atoms with Crippen LogP contribution in [0.2, 0.25) is 0 Å². The first-order chi connectivity index (χ1) is 9.99. The molecule has 0 radical (unpaired) electrons. The SMILES string of the molecule is CC(=O)c1c[nH]c(C(=O)N[C@H]2CCCCC[C@H]2C(=O)O)c1. The smallest absolute Gasteiger partial charge is 0.308 e. The Hall–Kier alpha value is -2.11. The topological polar surface area (TPSA) is 99.3 Å². The van der Waals surface area contributed by atoms with Crippen LogP contribution in [-0.4, -0.2) is 33.8 Å². The molecule has 1 aromatic heterocycles. The molecule has 114 valence electrons. The van der Waals surface area contributed by atoms with Gasteiger partial charge in [-0.15, -0.1) is 0 Å². The van der Waals surface area contributed by atoms with E-state index in [1.165, 1.54) is 19.2 Å². The molecule has 1 amide bonds. The first kappa shape index (κ1) is 15.3. The Kier molecular flexibility index (Phi) is 4.77. The molecule has 1 aliphatic carbocycles. The van der Waals surface area contributed by atoms with Crippen LogP contribution < -0.4 is 5.32 Å². The van der Waals surface area contributed by atoms with E-state index in [1.54, 1.807) is 0 Å². The lowest BCUT2D eigenvalue weighted by molar-refractivity contribution is -0.142. The van der Waals surface area contributed by atoms with Gasteiger partial charge < -0.3 is 15.4 Å². The van der Waals surface area contributed by atoms with Gasteiger partial charge in [0.05, 0.1) is 5.92 Å². The molecule has 1 aromatic rings. The molecule has 1 aliphatic rings. The van der Waals surface area contributed by atoms with Crippen molar-refractivity contribution >= 4 is 17.7 Å². The predicted octanol–water partition coefficient (Wildman–Crippen LogP) is 1.98. The van der Waals surface area contributed by atoms with Gasteiger partial charge >= 0.3 is 5.97 Å². The van der Waals surface area contributed by atoms with Crippen LogP contribution in [0.5, 0.6) is 0 Å². The van der Waals surface area contributed by atoms with Gasteiger partial charge in [-0.2, -0.15) is 0 Å². The summed E-state index contributed by atoms with van der Waals surface area (Å²) in [6, 6.07) is 1.13. The molecule has 3 N–H and O–H groups in total. The first-order valence-electron chi connectivity index (χ1n) is 7.22. The Morgan fingerprint density at radius 1 is 1.24 bits per heavy atom. The van der Waals surface area contributed by atoms with Crippen LogP contribution in [-0.2, 0) is 4.79 Å². The summed E-state index contributed by atoms with van der Waals surface area (Å²) in [7, 11) is 0. The summed E-state index contributed by atoms with van der Waals surface area (Å²) in [5.74, 6) is -1.89. The summed E-state index contributed by atoms with van der Waals surface area (Å²) >= 11 is 0. The Labute approximate surface area is 122 Å². The molecular formula is C15H20N2O4. The molecule has 2 atom stereocenters. The number of amides is 1. The van der Waals surface area contributed by atoms with Gasteiger partial charge in [0, 0.05) is 17.8 Å². The van der Waals surface area contributed by atoms with Gasteiger partial charge in [-0.3, -0.25) is 14.4 Å². The number of carboxylic acid groups (broad SMARTS) is 1. The summed E-state index contributed by atoms with van der Waals surface area (Å²) in [6.07, 6.45) is 5.53. The molecule has 0 bridgehead atoms. The molecule has 6 heteroatoms. The molecular weight excluding hydrogens is 272 g/mol. The van der Waals surface area contributed by atoms with Gasteiger partial charge in [-0.05, 0) is 25.8 Å². The number of carboxylic acids is 1. The lowest BCUT2D eigenvalue weighted by atomic mass is 9.95. The van der Waals surface area contributed by atoms with Crippen LogP contribution in [0.1, 0.15) is 59.9 Å². The van der Waals surface area contributed by atoms with Crippen molar-refractivity contribution in [1.82, 2.24) is 10.3 Å². The minimum absolute atomic E-state index is 0.122. The van der Waals surface area contributed by atoms with Gasteiger partial charge in [0.15, 0.2) is 5.78 Å². The van der Waals surface area contributed by atoms with Gasteiger partial charge in [0.1, 0.15) is 5.69 Å². The zero-order chi connectivity index (χ0) is 15.4. The number of carbonyl (C=O) groups is 3. The van der Waals surface area contributed by atoms with Gasteiger partial charge in [0.2, 0.25) is 0 Å². The third kappa shape index (κ3) is 3.71. The highest BCUT2D eigenvalue weighted by Gasteiger charge is 2.31. The molecule has 1 saturated carbocycles. The van der Waals surface area contributed by atoms with Crippen LogP contribution in [0.3, 0.4) is 0 Å². The lowest BCUT2D eigenvalue weighted by Gasteiger charge is -2.22. The number of aromatic nitrogens is 1. The molecule has 0 saturated heterocycles. The van der Waals surface area contributed by atoms with Crippen molar-refractivity contribution in [2.45, 2.75) is 45.1 Å². The average Bonchev–Trinajstić information content (AvgIpc) is 2.81. The van der Waals surface area contributed by atoms with Crippen molar-refractivity contribution in [3.05, 3.63) is 23.5 Å². The highest BCUT2D eigenvalue weighted by atomic mass is 16.4. The van der Waals surface area contributed by atoms with Crippen LogP contribution in [0.4, 0.5) is 0 Å². The van der Waals surface area contributed by atoms with Crippen molar-refractivity contribution in [3.63, 3.8) is 0 Å². The summed E-state index contributed by atoms with van der Waals surface area (Å²) in [6.45, 7) is 1.43. The zero-order valence-corrected chi connectivity index (χ0v) is 12.0. The minimum atomic E-state index is -0.863. The summed E-state index contributed by atoms with van der Waals surface area (Å²) in [4.78, 5) is 37.5. The molecule has 0 aliphatic heterocycles. The minimum Gasteiger partial charge on any atom is -0.481 e. The summed E-state index contributed by atoms with van der Waals surface area (Å²) in [5.41, 5.74) is 0.726. The maximum atomic E-state index is 12.2.